The molecule has 2 aliphatic rings. The van der Waals surface area contributed by atoms with Gasteiger partial charge in [-0.2, -0.15) is 13.2 Å². The lowest BCUT2D eigenvalue weighted by atomic mass is 9.94. The van der Waals surface area contributed by atoms with Crippen molar-refractivity contribution in [2.24, 2.45) is 0 Å². The first-order valence-electron chi connectivity index (χ1n) is 11.2. The number of hydrogen-bond donors (Lipinski definition) is 1. The second-order valence-electron chi connectivity index (χ2n) is 8.35. The van der Waals surface area contributed by atoms with Gasteiger partial charge in [0.2, 0.25) is 0 Å². The molecule has 1 unspecified atom stereocenters. The molecule has 2 aliphatic heterocycles. The Balaban J connectivity index is 1.67. The van der Waals surface area contributed by atoms with Crippen molar-refractivity contribution in [3.63, 3.8) is 0 Å². The number of anilines is 1. The van der Waals surface area contributed by atoms with Gasteiger partial charge in [0.1, 0.15) is 24.7 Å². The molecule has 1 N–H and O–H groups in total. The molecule has 0 aromatic heterocycles. The molecule has 0 radical (unpaired) electrons. The lowest BCUT2D eigenvalue weighted by Crippen LogP contribution is -2.29. The van der Waals surface area contributed by atoms with E-state index in [0.29, 0.717) is 36.0 Å². The summed E-state index contributed by atoms with van der Waals surface area (Å²) < 4.78 is 55.7. The van der Waals surface area contributed by atoms with E-state index in [-0.39, 0.29) is 16.8 Å². The number of fused-ring (bicyclic) bond motifs is 1. The highest BCUT2D eigenvalue weighted by Gasteiger charge is 2.47. The average molecular weight is 511 g/mol. The molecule has 1 amide bonds. The first-order valence-corrected chi connectivity index (χ1v) is 11.2. The van der Waals surface area contributed by atoms with E-state index in [1.807, 2.05) is 0 Å². The molecular weight excluding hydrogens is 491 g/mol. The number of ether oxygens (including phenoxy) is 3. The maximum absolute atomic E-state index is 13.3. The Morgan fingerprint density at radius 2 is 1.68 bits per heavy atom. The Hall–Kier alpha value is -4.47. The third kappa shape index (κ3) is 4.35. The van der Waals surface area contributed by atoms with Gasteiger partial charge < -0.3 is 19.3 Å². The normalized spacial score (nSPS) is 18.7. The molecule has 0 aliphatic carbocycles. The Kier molecular flexibility index (Phi) is 6.02. The number of carbonyl (C=O) groups excluding carboxylic acids is 2. The minimum Gasteiger partial charge on any atom is -0.507 e. The number of benzene rings is 3. The third-order valence-electron chi connectivity index (χ3n) is 6.14. The van der Waals surface area contributed by atoms with Crippen molar-refractivity contribution in [3.05, 3.63) is 89.0 Å². The third-order valence-corrected chi connectivity index (χ3v) is 6.14. The molecule has 0 saturated carbocycles. The Morgan fingerprint density at radius 3 is 2.35 bits per heavy atom. The van der Waals surface area contributed by atoms with Gasteiger partial charge in [-0.15, -0.1) is 0 Å². The molecule has 3 aromatic carbocycles. The molecule has 0 spiro atoms. The van der Waals surface area contributed by atoms with Gasteiger partial charge in [-0.1, -0.05) is 12.1 Å². The number of aliphatic hydroxyl groups excluding tert-OH is 1. The molecule has 7 nitrogen and oxygen atoms in total. The van der Waals surface area contributed by atoms with Gasteiger partial charge in [-0.25, -0.2) is 0 Å². The van der Waals surface area contributed by atoms with Gasteiger partial charge in [-0.05, 0) is 60.2 Å². The van der Waals surface area contributed by atoms with Crippen LogP contribution in [0.3, 0.4) is 0 Å². The summed E-state index contributed by atoms with van der Waals surface area (Å²) in [5, 5.41) is 11.3. The summed E-state index contributed by atoms with van der Waals surface area (Å²) in [5.41, 5.74) is -0.443. The zero-order chi connectivity index (χ0) is 26.3. The van der Waals surface area contributed by atoms with Crippen molar-refractivity contribution < 1.29 is 42.1 Å². The quantitative estimate of drug-likeness (QED) is 0.298. The molecule has 190 valence electrons. The fourth-order valence-corrected chi connectivity index (χ4v) is 4.38. The molecule has 1 saturated heterocycles. The highest BCUT2D eigenvalue weighted by Crippen LogP contribution is 2.44. The van der Waals surface area contributed by atoms with Crippen LogP contribution in [0.1, 0.15) is 22.7 Å². The van der Waals surface area contributed by atoms with Crippen molar-refractivity contribution in [3.8, 4) is 17.2 Å². The summed E-state index contributed by atoms with van der Waals surface area (Å²) in [5.74, 6) is -1.18. The van der Waals surface area contributed by atoms with Gasteiger partial charge in [0.15, 0.2) is 11.5 Å². The first-order chi connectivity index (χ1) is 17.7. The van der Waals surface area contributed by atoms with Crippen LogP contribution >= 0.6 is 0 Å². The number of Topliss-reactive ketones (excluding diaryl/α,β-unsaturated/α-hetero) is 1. The summed E-state index contributed by atoms with van der Waals surface area (Å²) in [6.45, 7) is 0.672. The SMILES string of the molecule is COc1cccc(C2/C(=C(/O)c3ccc4c(c3)OCCO4)C(=O)C(=O)N2c2ccc(C(F)(F)F)cc2)c1. The number of carbonyl (C=O) groups is 2. The fraction of sp³-hybridized carbons (Fsp3) is 0.185. The standard InChI is InChI=1S/C27H20F3NO6/c1-35-19-4-2-3-15(13-19)23-22(24(32)16-5-10-20-21(14-16)37-12-11-36-20)25(33)26(34)31(23)18-8-6-17(7-9-18)27(28,29)30/h2-10,13-14,23,32H,11-12H2,1H3/b24-22-. The number of aliphatic hydroxyl groups is 1. The van der Waals surface area contributed by atoms with Crippen molar-refractivity contribution >= 4 is 23.1 Å². The molecule has 3 aromatic rings. The summed E-state index contributed by atoms with van der Waals surface area (Å²) in [7, 11) is 1.45. The van der Waals surface area contributed by atoms with E-state index in [1.165, 1.54) is 19.2 Å². The van der Waals surface area contributed by atoms with Crippen molar-refractivity contribution in [1.82, 2.24) is 0 Å². The largest absolute Gasteiger partial charge is 0.507 e. The Morgan fingerprint density at radius 1 is 0.973 bits per heavy atom. The van der Waals surface area contributed by atoms with E-state index in [0.717, 1.165) is 29.2 Å². The van der Waals surface area contributed by atoms with Gasteiger partial charge in [0, 0.05) is 11.3 Å². The van der Waals surface area contributed by atoms with Crippen LogP contribution in [0.5, 0.6) is 17.2 Å². The van der Waals surface area contributed by atoms with Crippen molar-refractivity contribution in [1.29, 1.82) is 0 Å². The predicted molar refractivity (Wildman–Crippen MR) is 127 cm³/mol. The molecule has 1 atom stereocenters. The second kappa shape index (κ2) is 9.20. The minimum absolute atomic E-state index is 0.0594. The smallest absolute Gasteiger partial charge is 0.416 e. The van der Waals surface area contributed by atoms with Crippen LogP contribution in [0.15, 0.2) is 72.3 Å². The molecule has 10 heteroatoms. The highest BCUT2D eigenvalue weighted by molar-refractivity contribution is 6.51. The minimum atomic E-state index is -4.57. The van der Waals surface area contributed by atoms with E-state index < -0.39 is 35.2 Å². The Labute approximate surface area is 209 Å². The zero-order valence-electron chi connectivity index (χ0n) is 19.4. The number of alkyl halides is 3. The number of ketones is 1. The van der Waals surface area contributed by atoms with Crippen LogP contribution in [-0.2, 0) is 15.8 Å². The van der Waals surface area contributed by atoms with E-state index >= 15 is 0 Å². The summed E-state index contributed by atoms with van der Waals surface area (Å²) in [4.78, 5) is 27.6. The average Bonchev–Trinajstić information content (AvgIpc) is 3.17. The van der Waals surface area contributed by atoms with Crippen molar-refractivity contribution in [2.75, 3.05) is 25.2 Å². The van der Waals surface area contributed by atoms with Crippen LogP contribution in [0.4, 0.5) is 18.9 Å². The summed E-state index contributed by atoms with van der Waals surface area (Å²) in [6.07, 6.45) is -4.57. The van der Waals surface area contributed by atoms with Gasteiger partial charge in [-0.3, -0.25) is 14.5 Å². The second-order valence-corrected chi connectivity index (χ2v) is 8.35. The number of hydrogen-bond acceptors (Lipinski definition) is 6. The van der Waals surface area contributed by atoms with Crippen LogP contribution in [0.25, 0.3) is 5.76 Å². The summed E-state index contributed by atoms with van der Waals surface area (Å²) >= 11 is 0. The Bertz CT molecular complexity index is 1410. The van der Waals surface area contributed by atoms with Crippen LogP contribution in [0.2, 0.25) is 0 Å². The molecule has 1 fully saturated rings. The monoisotopic (exact) mass is 511 g/mol. The van der Waals surface area contributed by atoms with E-state index in [9.17, 15) is 27.9 Å². The lowest BCUT2D eigenvalue weighted by molar-refractivity contribution is -0.137. The molecule has 0 bridgehead atoms. The maximum atomic E-state index is 13.3. The van der Waals surface area contributed by atoms with Crippen LogP contribution < -0.4 is 19.1 Å². The summed E-state index contributed by atoms with van der Waals surface area (Å²) in [6, 6.07) is 13.9. The van der Waals surface area contributed by atoms with Gasteiger partial charge in [0.05, 0.1) is 24.3 Å². The van der Waals surface area contributed by atoms with Crippen LogP contribution in [-0.4, -0.2) is 37.1 Å². The van der Waals surface area contributed by atoms with E-state index in [2.05, 4.69) is 0 Å². The zero-order valence-corrected chi connectivity index (χ0v) is 19.4. The number of amides is 1. The molecule has 5 rings (SSSR count). The number of methoxy groups -OCH3 is 1. The number of halogens is 3. The number of rotatable bonds is 4. The predicted octanol–water partition coefficient (Wildman–Crippen LogP) is 5.11. The van der Waals surface area contributed by atoms with Gasteiger partial charge >= 0.3 is 6.18 Å². The molecule has 2 heterocycles. The van der Waals surface area contributed by atoms with Gasteiger partial charge in [0.25, 0.3) is 11.7 Å². The van der Waals surface area contributed by atoms with Crippen LogP contribution in [0, 0.1) is 0 Å². The molecule has 37 heavy (non-hydrogen) atoms. The highest BCUT2D eigenvalue weighted by atomic mass is 19.4. The number of nitrogens with zero attached hydrogens (tertiary/aromatic N) is 1. The fourth-order valence-electron chi connectivity index (χ4n) is 4.38. The first kappa shape index (κ1) is 24.2. The van der Waals surface area contributed by atoms with E-state index in [4.69, 9.17) is 14.2 Å². The topological polar surface area (TPSA) is 85.3 Å². The molecular formula is C27H20F3NO6. The van der Waals surface area contributed by atoms with E-state index in [1.54, 1.807) is 30.3 Å². The van der Waals surface area contributed by atoms with Crippen molar-refractivity contribution in [2.45, 2.75) is 12.2 Å². The maximum Gasteiger partial charge on any atom is 0.416 e. The lowest BCUT2D eigenvalue weighted by Gasteiger charge is -2.26.